The van der Waals surface area contributed by atoms with E-state index in [0.29, 0.717) is 6.54 Å². The fourth-order valence-electron chi connectivity index (χ4n) is 2.39. The van der Waals surface area contributed by atoms with Crippen LogP contribution in [0.3, 0.4) is 0 Å². The summed E-state index contributed by atoms with van der Waals surface area (Å²) in [5.41, 5.74) is 9.42. The number of benzene rings is 1. The summed E-state index contributed by atoms with van der Waals surface area (Å²) in [6.07, 6.45) is 6.05. The number of hydrogen-bond acceptors (Lipinski definition) is 2. The highest BCUT2D eigenvalue weighted by molar-refractivity contribution is 5.83. The van der Waals surface area contributed by atoms with Crippen LogP contribution in [0.25, 0.3) is 10.9 Å². The Morgan fingerprint density at radius 1 is 1.28 bits per heavy atom. The molecule has 0 spiro atoms. The molecule has 0 atom stereocenters. The first-order valence-corrected chi connectivity index (χ1v) is 6.02. The number of rotatable bonds is 3. The number of aromatic nitrogens is 3. The van der Waals surface area contributed by atoms with E-state index in [-0.39, 0.29) is 0 Å². The minimum atomic E-state index is 0.564. The van der Waals surface area contributed by atoms with Crippen LogP contribution in [0.15, 0.2) is 42.9 Å². The molecule has 3 aromatic rings. The average molecular weight is 240 g/mol. The standard InChI is InChI=1S/C14H16N4/c1-17-9-11(8-16-17)10-18-6-5-12-3-2-4-13(7-15)14(12)18/h2-6,8-9H,7,10,15H2,1H3. The van der Waals surface area contributed by atoms with Crippen molar-refractivity contribution in [1.29, 1.82) is 0 Å². The van der Waals surface area contributed by atoms with Crippen LogP contribution in [-0.4, -0.2) is 14.3 Å². The van der Waals surface area contributed by atoms with Gasteiger partial charge in [-0.15, -0.1) is 0 Å². The Bertz CT molecular complexity index is 678. The molecule has 18 heavy (non-hydrogen) atoms. The van der Waals surface area contributed by atoms with Crippen molar-refractivity contribution in [3.05, 3.63) is 54.0 Å². The molecule has 0 radical (unpaired) electrons. The molecule has 0 unspecified atom stereocenters. The normalized spacial score (nSPS) is 11.2. The van der Waals surface area contributed by atoms with Crippen LogP contribution in [0.2, 0.25) is 0 Å². The van der Waals surface area contributed by atoms with E-state index < -0.39 is 0 Å². The summed E-state index contributed by atoms with van der Waals surface area (Å²) in [6.45, 7) is 1.39. The minimum Gasteiger partial charge on any atom is -0.343 e. The molecule has 3 rings (SSSR count). The molecular weight excluding hydrogens is 224 g/mol. The minimum absolute atomic E-state index is 0.564. The second kappa shape index (κ2) is 4.31. The molecule has 0 saturated carbocycles. The Kier molecular flexibility index (Phi) is 2.64. The molecule has 1 aromatic carbocycles. The maximum atomic E-state index is 5.81. The number of nitrogens with two attached hydrogens (primary N) is 1. The third-order valence-electron chi connectivity index (χ3n) is 3.20. The van der Waals surface area contributed by atoms with Gasteiger partial charge in [0.1, 0.15) is 0 Å². The fraction of sp³-hybridized carbons (Fsp3) is 0.214. The lowest BCUT2D eigenvalue weighted by molar-refractivity contribution is 0.764. The first-order chi connectivity index (χ1) is 8.78. The Hall–Kier alpha value is -2.07. The van der Waals surface area contributed by atoms with Crippen molar-refractivity contribution >= 4 is 10.9 Å². The Morgan fingerprint density at radius 2 is 2.17 bits per heavy atom. The predicted octanol–water partition coefficient (Wildman–Crippen LogP) is 1.88. The lowest BCUT2D eigenvalue weighted by Gasteiger charge is -2.07. The van der Waals surface area contributed by atoms with Crippen LogP contribution in [-0.2, 0) is 20.1 Å². The molecule has 0 aliphatic rings. The predicted molar refractivity (Wildman–Crippen MR) is 72.1 cm³/mol. The van der Waals surface area contributed by atoms with Crippen LogP contribution < -0.4 is 5.73 Å². The maximum absolute atomic E-state index is 5.81. The van der Waals surface area contributed by atoms with Crippen LogP contribution >= 0.6 is 0 Å². The average Bonchev–Trinajstić information content (AvgIpc) is 2.97. The molecule has 2 N–H and O–H groups in total. The smallest absolute Gasteiger partial charge is 0.0539 e. The van der Waals surface area contributed by atoms with Gasteiger partial charge in [0.2, 0.25) is 0 Å². The first-order valence-electron chi connectivity index (χ1n) is 6.02. The third-order valence-corrected chi connectivity index (χ3v) is 3.20. The quantitative estimate of drug-likeness (QED) is 0.760. The molecular formula is C14H16N4. The Balaban J connectivity index is 2.06. The van der Waals surface area contributed by atoms with Crippen molar-refractivity contribution in [2.75, 3.05) is 0 Å². The monoisotopic (exact) mass is 240 g/mol. The molecule has 0 aliphatic heterocycles. The van der Waals surface area contributed by atoms with Gasteiger partial charge in [-0.3, -0.25) is 4.68 Å². The van der Waals surface area contributed by atoms with Crippen LogP contribution in [0.1, 0.15) is 11.1 Å². The Labute approximate surface area is 106 Å². The van der Waals surface area contributed by atoms with Crippen molar-refractivity contribution in [2.45, 2.75) is 13.1 Å². The van der Waals surface area contributed by atoms with E-state index in [1.165, 1.54) is 22.0 Å². The maximum Gasteiger partial charge on any atom is 0.0539 e. The summed E-state index contributed by atoms with van der Waals surface area (Å²) in [7, 11) is 1.93. The third kappa shape index (κ3) is 1.80. The number of fused-ring (bicyclic) bond motifs is 1. The number of nitrogens with zero attached hydrogens (tertiary/aromatic N) is 3. The molecule has 0 amide bonds. The van der Waals surface area contributed by atoms with Gasteiger partial charge in [0.15, 0.2) is 0 Å². The lowest BCUT2D eigenvalue weighted by atomic mass is 10.1. The first kappa shape index (κ1) is 11.0. The van der Waals surface area contributed by atoms with Gasteiger partial charge in [0, 0.05) is 31.5 Å². The van der Waals surface area contributed by atoms with Crippen LogP contribution in [0.5, 0.6) is 0 Å². The van der Waals surface area contributed by atoms with E-state index >= 15 is 0 Å². The van der Waals surface area contributed by atoms with Crippen molar-refractivity contribution in [1.82, 2.24) is 14.3 Å². The molecule has 92 valence electrons. The molecule has 2 aromatic heterocycles. The van der Waals surface area contributed by atoms with Gasteiger partial charge >= 0.3 is 0 Å². The highest BCUT2D eigenvalue weighted by Gasteiger charge is 2.06. The summed E-state index contributed by atoms with van der Waals surface area (Å²) in [5, 5.41) is 5.44. The zero-order valence-corrected chi connectivity index (χ0v) is 10.4. The van der Waals surface area contributed by atoms with Gasteiger partial charge in [-0.2, -0.15) is 5.10 Å². The number of aryl methyl sites for hydroxylation is 1. The number of hydrogen-bond donors (Lipinski definition) is 1. The SMILES string of the molecule is Cn1cc(Cn2ccc3cccc(CN)c32)cn1. The topological polar surface area (TPSA) is 48.8 Å². The largest absolute Gasteiger partial charge is 0.343 e. The molecule has 0 fully saturated rings. The van der Waals surface area contributed by atoms with Gasteiger partial charge < -0.3 is 10.3 Å². The highest BCUT2D eigenvalue weighted by atomic mass is 15.2. The van der Waals surface area contributed by atoms with Gasteiger partial charge in [-0.05, 0) is 17.0 Å². The van der Waals surface area contributed by atoms with E-state index in [4.69, 9.17) is 5.73 Å². The van der Waals surface area contributed by atoms with Gasteiger partial charge in [-0.25, -0.2) is 0 Å². The van der Waals surface area contributed by atoms with Gasteiger partial charge in [0.25, 0.3) is 0 Å². The number of para-hydroxylation sites is 1. The van der Waals surface area contributed by atoms with E-state index in [0.717, 1.165) is 6.54 Å². The molecule has 2 heterocycles. The summed E-state index contributed by atoms with van der Waals surface area (Å²) in [6, 6.07) is 8.39. The van der Waals surface area contributed by atoms with Gasteiger partial charge in [-0.1, -0.05) is 18.2 Å². The van der Waals surface area contributed by atoms with E-state index in [9.17, 15) is 0 Å². The summed E-state index contributed by atoms with van der Waals surface area (Å²) in [4.78, 5) is 0. The molecule has 4 heteroatoms. The summed E-state index contributed by atoms with van der Waals surface area (Å²) in [5.74, 6) is 0. The van der Waals surface area contributed by atoms with E-state index in [1.807, 2.05) is 24.1 Å². The molecule has 0 bridgehead atoms. The van der Waals surface area contributed by atoms with Crippen molar-refractivity contribution in [3.8, 4) is 0 Å². The molecule has 0 saturated heterocycles. The van der Waals surface area contributed by atoms with Crippen molar-refractivity contribution in [3.63, 3.8) is 0 Å². The second-order valence-corrected chi connectivity index (χ2v) is 4.52. The fourth-order valence-corrected chi connectivity index (χ4v) is 2.39. The van der Waals surface area contributed by atoms with Crippen molar-refractivity contribution in [2.24, 2.45) is 12.8 Å². The van der Waals surface area contributed by atoms with Crippen LogP contribution in [0.4, 0.5) is 0 Å². The van der Waals surface area contributed by atoms with E-state index in [2.05, 4.69) is 40.1 Å². The highest BCUT2D eigenvalue weighted by Crippen LogP contribution is 2.21. The molecule has 0 aliphatic carbocycles. The van der Waals surface area contributed by atoms with E-state index in [1.54, 1.807) is 0 Å². The summed E-state index contributed by atoms with van der Waals surface area (Å²) >= 11 is 0. The zero-order chi connectivity index (χ0) is 12.5. The summed E-state index contributed by atoms with van der Waals surface area (Å²) < 4.78 is 4.05. The van der Waals surface area contributed by atoms with Crippen molar-refractivity contribution < 1.29 is 0 Å². The second-order valence-electron chi connectivity index (χ2n) is 4.52. The zero-order valence-electron chi connectivity index (χ0n) is 10.4. The molecule has 4 nitrogen and oxygen atoms in total. The van der Waals surface area contributed by atoms with Crippen LogP contribution in [0, 0.1) is 0 Å². The Morgan fingerprint density at radius 3 is 2.89 bits per heavy atom. The lowest BCUT2D eigenvalue weighted by Crippen LogP contribution is -2.03. The van der Waals surface area contributed by atoms with Gasteiger partial charge in [0.05, 0.1) is 18.3 Å².